The molecule has 0 saturated heterocycles. The Morgan fingerprint density at radius 3 is 1.94 bits per heavy atom. The summed E-state index contributed by atoms with van der Waals surface area (Å²) in [6, 6.07) is 28.5. The van der Waals surface area contributed by atoms with Gasteiger partial charge in [-0.15, -0.1) is 0 Å². The van der Waals surface area contributed by atoms with Gasteiger partial charge in [0.15, 0.2) is 0 Å². The van der Waals surface area contributed by atoms with Gasteiger partial charge in [-0.25, -0.2) is 4.98 Å². The fourth-order valence-electron chi connectivity index (χ4n) is 3.29. The summed E-state index contributed by atoms with van der Waals surface area (Å²) >= 11 is 0. The molecule has 0 spiro atoms. The minimum absolute atomic E-state index is 0.264. The second kappa shape index (κ2) is 9.54. The van der Waals surface area contributed by atoms with Gasteiger partial charge in [-0.1, -0.05) is 66.7 Å². The average Bonchev–Trinajstić information content (AvgIpc) is 2.80. The number of nitrogens with zero attached hydrogens (tertiary/aromatic N) is 2. The van der Waals surface area contributed by atoms with Gasteiger partial charge in [0.2, 0.25) is 5.95 Å². The van der Waals surface area contributed by atoms with Crippen LogP contribution >= 0.6 is 0 Å². The van der Waals surface area contributed by atoms with E-state index in [2.05, 4.69) is 20.6 Å². The third-order valence-electron chi connectivity index (χ3n) is 4.86. The molecule has 0 amide bonds. The van der Waals surface area contributed by atoms with E-state index >= 15 is 0 Å². The smallest absolute Gasteiger partial charge is 0.311 e. The van der Waals surface area contributed by atoms with Crippen molar-refractivity contribution in [3.05, 3.63) is 108 Å². The maximum Gasteiger partial charge on any atom is 0.311 e. The number of carboxylic acids is 1. The zero-order chi connectivity index (χ0) is 21.5. The summed E-state index contributed by atoms with van der Waals surface area (Å²) in [5.74, 6) is -0.584. The van der Waals surface area contributed by atoms with Crippen LogP contribution in [-0.4, -0.2) is 21.0 Å². The van der Waals surface area contributed by atoms with Crippen LogP contribution in [-0.2, 0) is 11.2 Å². The number of hydrogen-bond acceptors (Lipinski definition) is 5. The molecule has 6 heteroatoms. The Bertz CT molecular complexity index is 1140. The van der Waals surface area contributed by atoms with E-state index in [-0.39, 0.29) is 6.42 Å². The first kappa shape index (κ1) is 20.1. The highest BCUT2D eigenvalue weighted by molar-refractivity contribution is 5.77. The molecule has 31 heavy (non-hydrogen) atoms. The van der Waals surface area contributed by atoms with Crippen molar-refractivity contribution in [1.82, 2.24) is 9.97 Å². The maximum absolute atomic E-state index is 12.0. The lowest BCUT2D eigenvalue weighted by molar-refractivity contribution is -0.138. The van der Waals surface area contributed by atoms with E-state index < -0.39 is 11.9 Å². The van der Waals surface area contributed by atoms with Crippen molar-refractivity contribution in [1.29, 1.82) is 0 Å². The van der Waals surface area contributed by atoms with Gasteiger partial charge < -0.3 is 15.7 Å². The van der Waals surface area contributed by atoms with E-state index in [1.54, 1.807) is 6.20 Å². The van der Waals surface area contributed by atoms with Crippen molar-refractivity contribution in [2.24, 2.45) is 0 Å². The summed E-state index contributed by atoms with van der Waals surface area (Å²) in [6.45, 7) is 0. The lowest BCUT2D eigenvalue weighted by Gasteiger charge is -2.17. The quantitative estimate of drug-likeness (QED) is 0.362. The molecule has 0 radical (unpaired) electrons. The number of carbonyl (C=O) groups is 1. The number of anilines is 4. The van der Waals surface area contributed by atoms with Crippen LogP contribution in [0.1, 0.15) is 17.0 Å². The second-order valence-corrected chi connectivity index (χ2v) is 7.06. The van der Waals surface area contributed by atoms with Gasteiger partial charge in [-0.2, -0.15) is 4.98 Å². The molecule has 6 nitrogen and oxygen atoms in total. The van der Waals surface area contributed by atoms with E-state index in [4.69, 9.17) is 0 Å². The van der Waals surface area contributed by atoms with E-state index in [1.807, 2.05) is 91.0 Å². The Labute approximate surface area is 180 Å². The van der Waals surface area contributed by atoms with Crippen LogP contribution in [0.2, 0.25) is 0 Å². The van der Waals surface area contributed by atoms with Crippen LogP contribution in [0, 0.1) is 0 Å². The fraction of sp³-hybridized carbons (Fsp3) is 0.0800. The van der Waals surface area contributed by atoms with Crippen molar-refractivity contribution >= 4 is 29.1 Å². The molecule has 154 valence electrons. The summed E-state index contributed by atoms with van der Waals surface area (Å²) in [5, 5.41) is 16.3. The van der Waals surface area contributed by atoms with Crippen LogP contribution in [0.5, 0.6) is 0 Å². The molecule has 1 atom stereocenters. The Balaban J connectivity index is 1.67. The van der Waals surface area contributed by atoms with Crippen molar-refractivity contribution in [2.75, 3.05) is 10.6 Å². The molecule has 0 aliphatic carbocycles. The van der Waals surface area contributed by atoms with Gasteiger partial charge in [0.25, 0.3) is 0 Å². The summed E-state index contributed by atoms with van der Waals surface area (Å²) < 4.78 is 0. The van der Waals surface area contributed by atoms with E-state index in [9.17, 15) is 9.90 Å². The SMILES string of the molecule is O=C(O)C(Cc1cnc(Nc2ccccc2)nc1Nc1ccccc1)c1ccccc1. The zero-order valence-electron chi connectivity index (χ0n) is 16.8. The highest BCUT2D eigenvalue weighted by Crippen LogP contribution is 2.27. The Morgan fingerprint density at radius 1 is 0.806 bits per heavy atom. The van der Waals surface area contributed by atoms with E-state index in [0.29, 0.717) is 11.8 Å². The first-order valence-electron chi connectivity index (χ1n) is 9.97. The van der Waals surface area contributed by atoms with Gasteiger partial charge in [0.1, 0.15) is 5.82 Å². The molecule has 0 aliphatic rings. The lowest BCUT2D eigenvalue weighted by Crippen LogP contribution is -2.16. The monoisotopic (exact) mass is 410 g/mol. The van der Waals surface area contributed by atoms with Crippen LogP contribution in [0.15, 0.2) is 97.2 Å². The Morgan fingerprint density at radius 2 is 1.35 bits per heavy atom. The number of carboxylic acid groups (broad SMARTS) is 1. The maximum atomic E-state index is 12.0. The zero-order valence-corrected chi connectivity index (χ0v) is 16.8. The molecule has 3 N–H and O–H groups in total. The van der Waals surface area contributed by atoms with Crippen molar-refractivity contribution in [3.8, 4) is 0 Å². The first-order valence-corrected chi connectivity index (χ1v) is 9.97. The number of rotatable bonds is 8. The molecule has 0 aliphatic heterocycles. The third kappa shape index (κ3) is 5.25. The van der Waals surface area contributed by atoms with Crippen molar-refractivity contribution in [3.63, 3.8) is 0 Å². The normalized spacial score (nSPS) is 11.5. The molecule has 4 aromatic rings. The van der Waals surface area contributed by atoms with Gasteiger partial charge in [-0.05, 0) is 36.2 Å². The molecule has 1 heterocycles. The number of aromatic nitrogens is 2. The second-order valence-electron chi connectivity index (χ2n) is 7.06. The number of hydrogen-bond donors (Lipinski definition) is 3. The summed E-state index contributed by atoms with van der Waals surface area (Å²) in [6.07, 6.45) is 1.95. The molecule has 0 bridgehead atoms. The molecule has 4 rings (SSSR count). The third-order valence-corrected chi connectivity index (χ3v) is 4.86. The van der Waals surface area contributed by atoms with Gasteiger partial charge in [-0.3, -0.25) is 4.79 Å². The van der Waals surface area contributed by atoms with Crippen LogP contribution in [0.25, 0.3) is 0 Å². The topological polar surface area (TPSA) is 87.1 Å². The Kier molecular flexibility index (Phi) is 6.18. The standard InChI is InChI=1S/C25H22N4O2/c30-24(31)22(18-10-4-1-5-11-18)16-19-17-26-25(28-21-14-8-3-9-15-21)29-23(19)27-20-12-6-2-7-13-20/h1-15,17,22H,16H2,(H,30,31)(H2,26,27,28,29). The minimum atomic E-state index is -0.886. The predicted molar refractivity (Wildman–Crippen MR) is 122 cm³/mol. The fourth-order valence-corrected chi connectivity index (χ4v) is 3.29. The molecule has 3 aromatic carbocycles. The number of para-hydroxylation sites is 2. The van der Waals surface area contributed by atoms with Gasteiger partial charge in [0, 0.05) is 23.1 Å². The number of aliphatic carboxylic acids is 1. The lowest BCUT2D eigenvalue weighted by atomic mass is 9.93. The van der Waals surface area contributed by atoms with E-state index in [1.165, 1.54) is 0 Å². The molecule has 1 aromatic heterocycles. The Hall–Kier alpha value is -4.19. The summed E-state index contributed by atoms with van der Waals surface area (Å²) in [7, 11) is 0. The van der Waals surface area contributed by atoms with Crippen molar-refractivity contribution in [2.45, 2.75) is 12.3 Å². The predicted octanol–water partition coefficient (Wildman–Crippen LogP) is 5.37. The molecular formula is C25H22N4O2. The highest BCUT2D eigenvalue weighted by atomic mass is 16.4. The van der Waals surface area contributed by atoms with Gasteiger partial charge >= 0.3 is 5.97 Å². The molecule has 1 unspecified atom stereocenters. The average molecular weight is 410 g/mol. The van der Waals surface area contributed by atoms with E-state index in [0.717, 1.165) is 22.5 Å². The molecule has 0 saturated carbocycles. The summed E-state index contributed by atoms with van der Waals surface area (Å²) in [5.41, 5.74) is 3.19. The van der Waals surface area contributed by atoms with Gasteiger partial charge in [0.05, 0.1) is 5.92 Å². The summed E-state index contributed by atoms with van der Waals surface area (Å²) in [4.78, 5) is 21.1. The minimum Gasteiger partial charge on any atom is -0.481 e. The molecular weight excluding hydrogens is 388 g/mol. The highest BCUT2D eigenvalue weighted by Gasteiger charge is 2.22. The number of nitrogens with one attached hydrogen (secondary N) is 2. The largest absolute Gasteiger partial charge is 0.481 e. The van der Waals surface area contributed by atoms with Crippen molar-refractivity contribution < 1.29 is 9.90 Å². The van der Waals surface area contributed by atoms with Crippen LogP contribution < -0.4 is 10.6 Å². The number of benzene rings is 3. The van der Waals surface area contributed by atoms with Crippen LogP contribution in [0.3, 0.4) is 0 Å². The molecule has 0 fully saturated rings. The first-order chi connectivity index (χ1) is 15.2. The van der Waals surface area contributed by atoms with Crippen LogP contribution in [0.4, 0.5) is 23.1 Å².